The summed E-state index contributed by atoms with van der Waals surface area (Å²) in [5.74, 6) is 0.831. The first-order valence-corrected chi connectivity index (χ1v) is 7.83. The Balaban J connectivity index is 1.77. The van der Waals surface area contributed by atoms with Gasteiger partial charge in [0.05, 0.1) is 12.1 Å². The fourth-order valence-corrected chi connectivity index (χ4v) is 3.05. The Bertz CT molecular complexity index is 918. The molecule has 0 radical (unpaired) electrons. The molecule has 1 aliphatic heterocycles. The predicted octanol–water partition coefficient (Wildman–Crippen LogP) is 3.39. The Labute approximate surface area is 139 Å². The van der Waals surface area contributed by atoms with Gasteiger partial charge in [0.1, 0.15) is 5.75 Å². The summed E-state index contributed by atoms with van der Waals surface area (Å²) in [6.07, 6.45) is 1.82. The zero-order valence-corrected chi connectivity index (χ0v) is 13.3. The highest BCUT2D eigenvalue weighted by Gasteiger charge is 2.21. The highest BCUT2D eigenvalue weighted by Crippen LogP contribution is 2.33. The first-order valence-electron chi connectivity index (χ1n) is 7.83. The van der Waals surface area contributed by atoms with Crippen molar-refractivity contribution in [1.29, 1.82) is 0 Å². The number of pyridine rings is 1. The van der Waals surface area contributed by atoms with Gasteiger partial charge >= 0.3 is 6.03 Å². The third-order valence-electron chi connectivity index (χ3n) is 4.26. The molecule has 24 heavy (non-hydrogen) atoms. The molecule has 0 fully saturated rings. The summed E-state index contributed by atoms with van der Waals surface area (Å²) in [7, 11) is 1.62. The molecule has 0 spiro atoms. The molecule has 0 saturated carbocycles. The molecule has 4 rings (SSSR count). The van der Waals surface area contributed by atoms with Gasteiger partial charge in [0.25, 0.3) is 0 Å². The van der Waals surface area contributed by atoms with Crippen molar-refractivity contribution in [3.05, 3.63) is 60.3 Å². The molecule has 1 aliphatic rings. The van der Waals surface area contributed by atoms with Gasteiger partial charge < -0.3 is 10.1 Å². The number of ether oxygens (including phenoxy) is 1. The van der Waals surface area contributed by atoms with Crippen LogP contribution in [-0.2, 0) is 6.54 Å². The second kappa shape index (κ2) is 5.85. The van der Waals surface area contributed by atoms with Crippen molar-refractivity contribution in [1.82, 2.24) is 15.2 Å². The zero-order valence-electron chi connectivity index (χ0n) is 13.3. The molecule has 2 aromatic carbocycles. The summed E-state index contributed by atoms with van der Waals surface area (Å²) < 4.78 is 5.69. The summed E-state index contributed by atoms with van der Waals surface area (Å²) >= 11 is 0. The lowest BCUT2D eigenvalue weighted by Gasteiger charge is -2.29. The highest BCUT2D eigenvalue weighted by atomic mass is 16.5. The number of urea groups is 1. The maximum Gasteiger partial charge on any atom is 0.320 e. The van der Waals surface area contributed by atoms with Crippen molar-refractivity contribution in [2.75, 3.05) is 13.8 Å². The van der Waals surface area contributed by atoms with Gasteiger partial charge in [0, 0.05) is 24.2 Å². The lowest BCUT2D eigenvalue weighted by atomic mass is 9.98. The van der Waals surface area contributed by atoms with E-state index < -0.39 is 0 Å². The summed E-state index contributed by atoms with van der Waals surface area (Å²) in [4.78, 5) is 17.9. The van der Waals surface area contributed by atoms with Crippen molar-refractivity contribution in [2.24, 2.45) is 0 Å². The number of hydrogen-bond donors (Lipinski definition) is 1. The van der Waals surface area contributed by atoms with Gasteiger partial charge in [-0.25, -0.2) is 4.79 Å². The molecule has 2 heterocycles. The molecular weight excluding hydrogens is 302 g/mol. The van der Waals surface area contributed by atoms with Crippen LogP contribution < -0.4 is 10.1 Å². The Morgan fingerprint density at radius 2 is 2.08 bits per heavy atom. The van der Waals surface area contributed by atoms with Gasteiger partial charge in [0.2, 0.25) is 0 Å². The smallest absolute Gasteiger partial charge is 0.320 e. The van der Waals surface area contributed by atoms with Crippen LogP contribution in [0.3, 0.4) is 0 Å². The fraction of sp³-hybridized carbons (Fsp3) is 0.158. The van der Waals surface area contributed by atoms with E-state index in [1.165, 1.54) is 0 Å². The average molecular weight is 319 g/mol. The van der Waals surface area contributed by atoms with E-state index in [9.17, 15) is 4.79 Å². The van der Waals surface area contributed by atoms with Crippen LogP contribution in [0.5, 0.6) is 5.75 Å². The van der Waals surface area contributed by atoms with Crippen LogP contribution >= 0.6 is 0 Å². The van der Waals surface area contributed by atoms with E-state index in [1.54, 1.807) is 11.9 Å². The van der Waals surface area contributed by atoms with E-state index in [0.29, 0.717) is 6.54 Å². The molecule has 1 aromatic heterocycles. The summed E-state index contributed by atoms with van der Waals surface area (Å²) in [6, 6.07) is 16.1. The number of hydrogen-bond acceptors (Lipinski definition) is 3. The quantitative estimate of drug-likeness (QED) is 0.748. The number of carbonyl (C=O) groups excluding carboxylic acids is 1. The average Bonchev–Trinajstić information content (AvgIpc) is 2.66. The molecule has 1 N–H and O–H groups in total. The number of amides is 2. The largest absolute Gasteiger partial charge is 0.473 e. The van der Waals surface area contributed by atoms with Gasteiger partial charge in [-0.15, -0.1) is 0 Å². The Morgan fingerprint density at radius 1 is 1.21 bits per heavy atom. The van der Waals surface area contributed by atoms with Gasteiger partial charge in [-0.3, -0.25) is 9.88 Å². The maximum atomic E-state index is 11.8. The molecule has 0 bridgehead atoms. The molecule has 2 amide bonds. The van der Waals surface area contributed by atoms with Gasteiger partial charge in [-0.2, -0.15) is 0 Å². The van der Waals surface area contributed by atoms with Crippen molar-refractivity contribution in [3.8, 4) is 16.9 Å². The van der Waals surface area contributed by atoms with E-state index in [1.807, 2.05) is 36.5 Å². The second-order valence-corrected chi connectivity index (χ2v) is 5.72. The monoisotopic (exact) mass is 319 g/mol. The van der Waals surface area contributed by atoms with E-state index in [2.05, 4.69) is 28.5 Å². The Hall–Kier alpha value is -3.08. The van der Waals surface area contributed by atoms with Gasteiger partial charge in [-0.1, -0.05) is 24.3 Å². The molecule has 0 saturated heterocycles. The van der Waals surface area contributed by atoms with Gasteiger partial charge in [0.15, 0.2) is 6.73 Å². The van der Waals surface area contributed by atoms with Gasteiger partial charge in [-0.05, 0) is 35.4 Å². The number of carbonyl (C=O) groups is 1. The SMILES string of the molecule is CNC(=O)N1COc2ccc(-c3ccnc4ccccc34)cc2C1. The molecule has 0 unspecified atom stereocenters. The molecule has 5 nitrogen and oxygen atoms in total. The van der Waals surface area contributed by atoms with E-state index in [0.717, 1.165) is 33.3 Å². The molecular formula is C19H17N3O2. The minimum Gasteiger partial charge on any atom is -0.473 e. The summed E-state index contributed by atoms with van der Waals surface area (Å²) in [6.45, 7) is 0.802. The van der Waals surface area contributed by atoms with Crippen LogP contribution in [0.4, 0.5) is 4.79 Å². The normalized spacial score (nSPS) is 13.3. The molecule has 0 atom stereocenters. The first-order chi connectivity index (χ1) is 11.8. The van der Waals surface area contributed by atoms with Crippen molar-refractivity contribution < 1.29 is 9.53 Å². The highest BCUT2D eigenvalue weighted by molar-refractivity contribution is 5.94. The number of fused-ring (bicyclic) bond motifs is 2. The van der Waals surface area contributed by atoms with E-state index in [-0.39, 0.29) is 12.8 Å². The van der Waals surface area contributed by atoms with Crippen LogP contribution in [-0.4, -0.2) is 29.7 Å². The summed E-state index contributed by atoms with van der Waals surface area (Å²) in [5, 5.41) is 3.75. The molecule has 0 aliphatic carbocycles. The predicted molar refractivity (Wildman–Crippen MR) is 92.7 cm³/mol. The lowest BCUT2D eigenvalue weighted by Crippen LogP contribution is -2.42. The molecule has 3 aromatic rings. The van der Waals surface area contributed by atoms with Crippen molar-refractivity contribution >= 4 is 16.9 Å². The Morgan fingerprint density at radius 3 is 2.96 bits per heavy atom. The second-order valence-electron chi connectivity index (χ2n) is 5.72. The van der Waals surface area contributed by atoms with Crippen molar-refractivity contribution in [2.45, 2.75) is 6.54 Å². The molecule has 120 valence electrons. The first kappa shape index (κ1) is 14.5. The third-order valence-corrected chi connectivity index (χ3v) is 4.26. The third kappa shape index (κ3) is 2.44. The standard InChI is InChI=1S/C19H17N3O2/c1-20-19(23)22-11-14-10-13(6-7-18(14)24-12-22)15-8-9-21-17-5-3-2-4-16(15)17/h2-10H,11-12H2,1H3,(H,20,23). The van der Waals surface area contributed by atoms with Crippen LogP contribution in [0.15, 0.2) is 54.7 Å². The summed E-state index contributed by atoms with van der Waals surface area (Å²) in [5.41, 5.74) is 4.19. The maximum absolute atomic E-state index is 11.8. The van der Waals surface area contributed by atoms with Crippen LogP contribution in [0.2, 0.25) is 0 Å². The lowest BCUT2D eigenvalue weighted by molar-refractivity contribution is 0.115. The number of para-hydroxylation sites is 1. The van der Waals surface area contributed by atoms with Crippen LogP contribution in [0.25, 0.3) is 22.0 Å². The number of aromatic nitrogens is 1. The van der Waals surface area contributed by atoms with Crippen molar-refractivity contribution in [3.63, 3.8) is 0 Å². The fourth-order valence-electron chi connectivity index (χ4n) is 3.05. The minimum atomic E-state index is -0.139. The Kier molecular flexibility index (Phi) is 3.54. The van der Waals surface area contributed by atoms with Crippen LogP contribution in [0, 0.1) is 0 Å². The number of nitrogens with one attached hydrogen (secondary N) is 1. The minimum absolute atomic E-state index is 0.139. The number of rotatable bonds is 1. The molecule has 5 heteroatoms. The van der Waals surface area contributed by atoms with E-state index in [4.69, 9.17) is 4.74 Å². The number of nitrogens with zero attached hydrogens (tertiary/aromatic N) is 2. The topological polar surface area (TPSA) is 54.5 Å². The number of benzene rings is 2. The van der Waals surface area contributed by atoms with E-state index >= 15 is 0 Å². The zero-order chi connectivity index (χ0) is 16.5. The van der Waals surface area contributed by atoms with Crippen LogP contribution in [0.1, 0.15) is 5.56 Å².